The Bertz CT molecular complexity index is 499. The van der Waals surface area contributed by atoms with Crippen LogP contribution in [0, 0.1) is 5.82 Å². The molecular weight excluding hydrogens is 355 g/mol. The molecule has 0 heterocycles. The number of hydrogen-bond donors (Lipinski definition) is 1. The first-order chi connectivity index (χ1) is 9.97. The van der Waals surface area contributed by atoms with E-state index in [4.69, 9.17) is 17.3 Å². The minimum Gasteiger partial charge on any atom is -0.322 e. The first-order valence-corrected chi connectivity index (χ1v) is 8.79. The van der Waals surface area contributed by atoms with Crippen molar-refractivity contribution in [3.63, 3.8) is 0 Å². The molecule has 118 valence electrons. The van der Waals surface area contributed by atoms with Gasteiger partial charge in [0.05, 0.1) is 11.1 Å². The number of likely N-dealkylation sites (N-methyl/N-ethyl adjacent to an activating group) is 1. The molecule has 2 N–H and O–H groups in total. The fourth-order valence-corrected chi connectivity index (χ4v) is 4.21. The Morgan fingerprint density at radius 2 is 1.90 bits per heavy atom. The quantitative estimate of drug-likeness (QED) is 0.740. The Labute approximate surface area is 140 Å². The van der Waals surface area contributed by atoms with Gasteiger partial charge >= 0.3 is 0 Å². The molecule has 0 radical (unpaired) electrons. The van der Waals surface area contributed by atoms with Crippen molar-refractivity contribution in [1.82, 2.24) is 4.90 Å². The zero-order chi connectivity index (χ0) is 15.6. The molecule has 0 amide bonds. The van der Waals surface area contributed by atoms with Crippen molar-refractivity contribution in [3.05, 3.63) is 33.0 Å². The monoisotopic (exact) mass is 376 g/mol. The van der Waals surface area contributed by atoms with Crippen LogP contribution in [0.15, 0.2) is 16.6 Å². The number of rotatable bonds is 5. The van der Waals surface area contributed by atoms with Gasteiger partial charge < -0.3 is 5.73 Å². The van der Waals surface area contributed by atoms with Gasteiger partial charge in [-0.2, -0.15) is 0 Å². The molecule has 1 aromatic carbocycles. The highest BCUT2D eigenvalue weighted by molar-refractivity contribution is 9.10. The second-order valence-electron chi connectivity index (χ2n) is 5.73. The summed E-state index contributed by atoms with van der Waals surface area (Å²) in [6, 6.07) is 3.19. The zero-order valence-electron chi connectivity index (χ0n) is 12.6. The molecule has 2 nitrogen and oxygen atoms in total. The lowest BCUT2D eigenvalue weighted by Gasteiger charge is -2.45. The largest absolute Gasteiger partial charge is 0.322 e. The smallest absolute Gasteiger partial charge is 0.147 e. The minimum absolute atomic E-state index is 0.121. The molecule has 1 aliphatic rings. The first-order valence-electron chi connectivity index (χ1n) is 7.62. The van der Waals surface area contributed by atoms with Crippen LogP contribution in [-0.2, 0) is 0 Å². The predicted octanol–water partition coefficient (Wildman–Crippen LogP) is 4.90. The maximum Gasteiger partial charge on any atom is 0.147 e. The molecule has 5 heteroatoms. The normalized spacial score (nSPS) is 19.2. The van der Waals surface area contributed by atoms with Gasteiger partial charge in [-0.3, -0.25) is 4.90 Å². The molecule has 0 aliphatic heterocycles. The summed E-state index contributed by atoms with van der Waals surface area (Å²) in [6.45, 7) is 6.13. The molecular formula is C16H23BrClFN2. The average molecular weight is 378 g/mol. The first kappa shape index (κ1) is 17.2. The molecule has 1 aliphatic carbocycles. The highest BCUT2D eigenvalue weighted by Crippen LogP contribution is 2.45. The van der Waals surface area contributed by atoms with Crippen molar-refractivity contribution in [1.29, 1.82) is 0 Å². The van der Waals surface area contributed by atoms with Crippen molar-refractivity contribution in [2.24, 2.45) is 5.73 Å². The molecule has 1 fully saturated rings. The van der Waals surface area contributed by atoms with Gasteiger partial charge in [0, 0.05) is 15.6 Å². The van der Waals surface area contributed by atoms with Gasteiger partial charge in [0.1, 0.15) is 5.82 Å². The van der Waals surface area contributed by atoms with E-state index in [2.05, 4.69) is 34.7 Å². The van der Waals surface area contributed by atoms with Gasteiger partial charge in [-0.05, 0) is 47.9 Å². The molecule has 1 unspecified atom stereocenters. The summed E-state index contributed by atoms with van der Waals surface area (Å²) >= 11 is 9.29. The van der Waals surface area contributed by atoms with Crippen molar-refractivity contribution in [2.75, 3.05) is 13.1 Å². The SMILES string of the molecule is CCN(CC)C1(C(N)c2ccc(Br)c(Cl)c2F)CCCC1. The van der Waals surface area contributed by atoms with Crippen LogP contribution in [0.3, 0.4) is 0 Å². The molecule has 1 saturated carbocycles. The van der Waals surface area contributed by atoms with Gasteiger partial charge in [0.15, 0.2) is 0 Å². The Balaban J connectivity index is 2.44. The van der Waals surface area contributed by atoms with E-state index < -0.39 is 5.82 Å². The average Bonchev–Trinajstić information content (AvgIpc) is 2.96. The lowest BCUT2D eigenvalue weighted by atomic mass is 9.82. The maximum absolute atomic E-state index is 14.5. The minimum atomic E-state index is -0.392. The molecule has 21 heavy (non-hydrogen) atoms. The van der Waals surface area contributed by atoms with Crippen LogP contribution < -0.4 is 5.73 Å². The fourth-order valence-electron chi connectivity index (χ4n) is 3.74. The van der Waals surface area contributed by atoms with E-state index in [1.54, 1.807) is 12.1 Å². The van der Waals surface area contributed by atoms with E-state index in [-0.39, 0.29) is 16.6 Å². The summed E-state index contributed by atoms with van der Waals surface area (Å²) in [5, 5.41) is 0.121. The van der Waals surface area contributed by atoms with E-state index in [0.717, 1.165) is 38.8 Å². The third kappa shape index (κ3) is 3.00. The standard InChI is InChI=1S/C16H23BrClFN2/c1-3-21(4-2)16(9-5-6-10-16)15(20)11-7-8-12(17)13(18)14(11)19/h7-8,15H,3-6,9-10,20H2,1-2H3. The van der Waals surface area contributed by atoms with E-state index in [9.17, 15) is 4.39 Å². The molecule has 0 spiro atoms. The van der Waals surface area contributed by atoms with E-state index in [1.807, 2.05) is 0 Å². The van der Waals surface area contributed by atoms with E-state index in [0.29, 0.717) is 10.0 Å². The van der Waals surface area contributed by atoms with Gasteiger partial charge in [0.2, 0.25) is 0 Å². The summed E-state index contributed by atoms with van der Waals surface area (Å²) in [4.78, 5) is 2.39. The molecule has 1 aromatic rings. The van der Waals surface area contributed by atoms with Crippen LogP contribution in [0.2, 0.25) is 5.02 Å². The molecule has 0 bridgehead atoms. The summed E-state index contributed by atoms with van der Waals surface area (Å²) < 4.78 is 15.1. The van der Waals surface area contributed by atoms with Crippen molar-refractivity contribution in [2.45, 2.75) is 51.1 Å². The fraction of sp³-hybridized carbons (Fsp3) is 0.625. The zero-order valence-corrected chi connectivity index (χ0v) is 15.0. The number of hydrogen-bond acceptors (Lipinski definition) is 2. The second kappa shape index (κ2) is 6.95. The third-order valence-corrected chi connectivity index (χ3v) is 6.10. The number of nitrogens with zero attached hydrogens (tertiary/aromatic N) is 1. The Kier molecular flexibility index (Phi) is 5.69. The topological polar surface area (TPSA) is 29.3 Å². The molecule has 2 rings (SSSR count). The summed E-state index contributed by atoms with van der Waals surface area (Å²) in [5.74, 6) is -0.392. The Morgan fingerprint density at radius 1 is 1.33 bits per heavy atom. The third-order valence-electron chi connectivity index (χ3n) is 4.84. The van der Waals surface area contributed by atoms with Crippen LogP contribution >= 0.6 is 27.5 Å². The second-order valence-corrected chi connectivity index (χ2v) is 6.96. The van der Waals surface area contributed by atoms with Gasteiger partial charge in [-0.1, -0.05) is 44.4 Å². The number of nitrogens with two attached hydrogens (primary N) is 1. The summed E-state index contributed by atoms with van der Waals surface area (Å²) in [5.41, 5.74) is 6.93. The Morgan fingerprint density at radius 3 is 2.43 bits per heavy atom. The molecule has 0 aromatic heterocycles. The highest BCUT2D eigenvalue weighted by atomic mass is 79.9. The van der Waals surface area contributed by atoms with E-state index in [1.165, 1.54) is 0 Å². The van der Waals surface area contributed by atoms with Gasteiger partial charge in [-0.15, -0.1) is 0 Å². The van der Waals surface area contributed by atoms with Crippen LogP contribution in [0.4, 0.5) is 4.39 Å². The maximum atomic E-state index is 14.5. The van der Waals surface area contributed by atoms with Crippen molar-refractivity contribution in [3.8, 4) is 0 Å². The van der Waals surface area contributed by atoms with Crippen LogP contribution in [-0.4, -0.2) is 23.5 Å². The predicted molar refractivity (Wildman–Crippen MR) is 90.2 cm³/mol. The van der Waals surface area contributed by atoms with E-state index >= 15 is 0 Å². The van der Waals surface area contributed by atoms with Crippen LogP contribution in [0.5, 0.6) is 0 Å². The van der Waals surface area contributed by atoms with Gasteiger partial charge in [0.25, 0.3) is 0 Å². The van der Waals surface area contributed by atoms with Crippen molar-refractivity contribution >= 4 is 27.5 Å². The number of halogens is 3. The molecule has 0 saturated heterocycles. The molecule has 1 atom stereocenters. The van der Waals surface area contributed by atoms with Gasteiger partial charge in [-0.25, -0.2) is 4.39 Å². The Hall–Kier alpha value is -0.160. The lowest BCUT2D eigenvalue weighted by molar-refractivity contribution is 0.0758. The van der Waals surface area contributed by atoms with Crippen LogP contribution in [0.1, 0.15) is 51.1 Å². The van der Waals surface area contributed by atoms with Crippen LogP contribution in [0.25, 0.3) is 0 Å². The summed E-state index contributed by atoms with van der Waals surface area (Å²) in [7, 11) is 0. The highest BCUT2D eigenvalue weighted by Gasteiger charge is 2.44. The lowest BCUT2D eigenvalue weighted by Crippen LogP contribution is -2.53. The van der Waals surface area contributed by atoms with Crippen molar-refractivity contribution < 1.29 is 4.39 Å². The summed E-state index contributed by atoms with van der Waals surface area (Å²) in [6.07, 6.45) is 4.33. The number of benzene rings is 1.